The van der Waals surface area contributed by atoms with E-state index in [1.165, 1.54) is 24.4 Å². The van der Waals surface area contributed by atoms with Crippen LogP contribution in [-0.4, -0.2) is 23.2 Å². The minimum absolute atomic E-state index is 0.0265. The van der Waals surface area contributed by atoms with Crippen LogP contribution in [0.3, 0.4) is 0 Å². The van der Waals surface area contributed by atoms with Crippen molar-refractivity contribution in [2.45, 2.75) is 6.92 Å². The van der Waals surface area contributed by atoms with Crippen LogP contribution in [0.5, 0.6) is 0 Å². The average Bonchev–Trinajstić information content (AvgIpc) is 2.22. The summed E-state index contributed by atoms with van der Waals surface area (Å²) >= 11 is 5.53. The number of carboxylic acids is 1. The van der Waals surface area contributed by atoms with E-state index in [9.17, 15) is 4.39 Å². The average molecular weight is 275 g/mol. The number of carboxylic acid groups (broad SMARTS) is 1. The van der Waals surface area contributed by atoms with Crippen molar-refractivity contribution in [3.8, 4) is 0 Å². The van der Waals surface area contributed by atoms with Crippen LogP contribution in [0, 0.1) is 5.82 Å². The van der Waals surface area contributed by atoms with Crippen LogP contribution in [0.25, 0.3) is 0 Å². The van der Waals surface area contributed by atoms with Gasteiger partial charge in [0.1, 0.15) is 5.82 Å². The smallest absolute Gasteiger partial charge is 0.300 e. The summed E-state index contributed by atoms with van der Waals surface area (Å²) in [5, 5.41) is 14.4. The van der Waals surface area contributed by atoms with E-state index in [1.807, 2.05) is 0 Å². The second kappa shape index (κ2) is 8.02. The molecule has 0 aliphatic carbocycles. The van der Waals surface area contributed by atoms with Gasteiger partial charge < -0.3 is 16.6 Å². The molecule has 0 spiro atoms. The molecule has 0 saturated carbocycles. The lowest BCUT2D eigenvalue weighted by Crippen LogP contribution is -2.21. The fourth-order valence-electron chi connectivity index (χ4n) is 0.755. The Balaban J connectivity index is 0.000000631. The largest absolute Gasteiger partial charge is 0.481 e. The van der Waals surface area contributed by atoms with Gasteiger partial charge in [0.15, 0.2) is 0 Å². The zero-order valence-electron chi connectivity index (χ0n) is 9.47. The van der Waals surface area contributed by atoms with Gasteiger partial charge in [0.2, 0.25) is 5.96 Å². The molecule has 98 valence electrons. The molecule has 5 N–H and O–H groups in total. The molecule has 0 heterocycles. The van der Waals surface area contributed by atoms with Crippen molar-refractivity contribution in [1.82, 2.24) is 0 Å². The summed E-state index contributed by atoms with van der Waals surface area (Å²) in [5.74, 6) is -1.46. The van der Waals surface area contributed by atoms with E-state index in [0.29, 0.717) is 5.56 Å². The maximum Gasteiger partial charge on any atom is 0.300 e. The van der Waals surface area contributed by atoms with E-state index in [1.54, 1.807) is 0 Å². The highest BCUT2D eigenvalue weighted by atomic mass is 35.5. The summed E-state index contributed by atoms with van der Waals surface area (Å²) in [7, 11) is 0. The van der Waals surface area contributed by atoms with Gasteiger partial charge in [0, 0.05) is 6.92 Å². The molecule has 6 nitrogen and oxygen atoms in total. The van der Waals surface area contributed by atoms with Crippen molar-refractivity contribution in [2.75, 3.05) is 0 Å². The molecular formula is C10H12ClFN4O2. The third kappa shape index (κ3) is 8.05. The van der Waals surface area contributed by atoms with Crippen LogP contribution < -0.4 is 11.5 Å². The molecule has 1 aromatic carbocycles. The second-order valence-corrected chi connectivity index (χ2v) is 3.37. The second-order valence-electron chi connectivity index (χ2n) is 2.96. The zero-order chi connectivity index (χ0) is 14.1. The number of carbonyl (C=O) groups is 1. The first-order valence-corrected chi connectivity index (χ1v) is 4.97. The third-order valence-electron chi connectivity index (χ3n) is 1.32. The number of halogens is 2. The van der Waals surface area contributed by atoms with Crippen LogP contribution >= 0.6 is 11.6 Å². The van der Waals surface area contributed by atoms with Crippen molar-refractivity contribution >= 4 is 29.7 Å². The molecule has 0 bridgehead atoms. The van der Waals surface area contributed by atoms with E-state index >= 15 is 0 Å². The number of hydrogen-bond acceptors (Lipinski definition) is 3. The Bertz CT molecular complexity index is 469. The molecule has 0 aromatic heterocycles. The number of aliphatic carboxylic acids is 1. The third-order valence-corrected chi connectivity index (χ3v) is 1.61. The van der Waals surface area contributed by atoms with Crippen molar-refractivity contribution in [1.29, 1.82) is 0 Å². The topological polar surface area (TPSA) is 114 Å². The van der Waals surface area contributed by atoms with E-state index in [0.717, 1.165) is 6.92 Å². The highest BCUT2D eigenvalue weighted by Crippen LogP contribution is 2.14. The quantitative estimate of drug-likeness (QED) is 0.427. The van der Waals surface area contributed by atoms with Crippen molar-refractivity contribution in [3.63, 3.8) is 0 Å². The lowest BCUT2D eigenvalue weighted by Gasteiger charge is -1.94. The molecule has 0 radical (unpaired) electrons. The number of nitrogens with two attached hydrogens (primary N) is 2. The molecule has 1 rings (SSSR count). The summed E-state index contributed by atoms with van der Waals surface area (Å²) < 4.78 is 12.7. The summed E-state index contributed by atoms with van der Waals surface area (Å²) in [4.78, 5) is 9.00. The van der Waals surface area contributed by atoms with Crippen LogP contribution in [-0.2, 0) is 4.79 Å². The molecular weight excluding hydrogens is 263 g/mol. The fraction of sp³-hybridized carbons (Fsp3) is 0.100. The molecule has 0 aliphatic rings. The van der Waals surface area contributed by atoms with Gasteiger partial charge in [-0.25, -0.2) is 4.39 Å². The van der Waals surface area contributed by atoms with Gasteiger partial charge in [0.05, 0.1) is 11.2 Å². The van der Waals surface area contributed by atoms with Crippen molar-refractivity contribution < 1.29 is 14.3 Å². The fourth-order valence-corrected chi connectivity index (χ4v) is 0.944. The first kappa shape index (κ1) is 15.9. The summed E-state index contributed by atoms with van der Waals surface area (Å²) in [6.45, 7) is 1.08. The van der Waals surface area contributed by atoms with Crippen molar-refractivity contribution in [3.05, 3.63) is 34.6 Å². The molecule has 0 amide bonds. The Kier molecular flexibility index (Phi) is 7.06. The molecule has 0 unspecified atom stereocenters. The maximum absolute atomic E-state index is 12.7. The normalized spacial score (nSPS) is 9.50. The standard InChI is InChI=1S/C8H8ClFN4.C2H4O2/c9-6-3-5(1-2-7(6)10)4-13-14-8(11)12;1-2(3)4/h1-4H,(H4,11,12,14);1H3,(H,3,4)/b13-4+;. The van der Waals surface area contributed by atoms with Crippen LogP contribution in [0.1, 0.15) is 12.5 Å². The Hall–Kier alpha value is -2.15. The van der Waals surface area contributed by atoms with Gasteiger partial charge in [-0.05, 0) is 17.7 Å². The van der Waals surface area contributed by atoms with E-state index < -0.39 is 11.8 Å². The predicted molar refractivity (Wildman–Crippen MR) is 68.1 cm³/mol. The molecule has 8 heteroatoms. The Morgan fingerprint density at radius 2 is 2.06 bits per heavy atom. The van der Waals surface area contributed by atoms with Crippen LogP contribution in [0.4, 0.5) is 4.39 Å². The van der Waals surface area contributed by atoms with Crippen molar-refractivity contribution in [2.24, 2.45) is 21.7 Å². The van der Waals surface area contributed by atoms with Gasteiger partial charge in [-0.2, -0.15) is 5.10 Å². The molecule has 0 atom stereocenters. The number of nitrogens with zero attached hydrogens (tertiary/aromatic N) is 2. The monoisotopic (exact) mass is 274 g/mol. The number of benzene rings is 1. The number of rotatable bonds is 2. The highest BCUT2D eigenvalue weighted by molar-refractivity contribution is 6.31. The maximum atomic E-state index is 12.7. The first-order valence-electron chi connectivity index (χ1n) is 4.59. The highest BCUT2D eigenvalue weighted by Gasteiger charge is 1.98. The predicted octanol–water partition coefficient (Wildman–Crippen LogP) is 1.18. The SMILES string of the molecule is CC(=O)O.NC(N)=N/N=C/c1ccc(F)c(Cl)c1. The van der Waals surface area contributed by atoms with Gasteiger partial charge in [-0.1, -0.05) is 17.7 Å². The van der Waals surface area contributed by atoms with Crippen LogP contribution in [0.15, 0.2) is 28.4 Å². The lowest BCUT2D eigenvalue weighted by molar-refractivity contribution is -0.134. The zero-order valence-corrected chi connectivity index (χ0v) is 10.2. The van der Waals surface area contributed by atoms with Crippen LogP contribution in [0.2, 0.25) is 5.02 Å². The Labute approximate surface area is 108 Å². The first-order chi connectivity index (χ1) is 8.32. The summed E-state index contributed by atoms with van der Waals surface area (Å²) in [5.41, 5.74) is 10.7. The molecule has 0 fully saturated rings. The molecule has 0 saturated heterocycles. The molecule has 1 aromatic rings. The van der Waals surface area contributed by atoms with E-state index in [-0.39, 0.29) is 11.0 Å². The Morgan fingerprint density at radius 3 is 2.50 bits per heavy atom. The minimum atomic E-state index is -0.833. The van der Waals surface area contributed by atoms with Gasteiger partial charge in [-0.15, -0.1) is 5.10 Å². The van der Waals surface area contributed by atoms with E-state index in [2.05, 4.69) is 10.2 Å². The summed E-state index contributed by atoms with van der Waals surface area (Å²) in [6, 6.07) is 4.16. The molecule has 0 aliphatic heterocycles. The van der Waals surface area contributed by atoms with Gasteiger partial charge in [0.25, 0.3) is 5.97 Å². The number of hydrogen-bond donors (Lipinski definition) is 3. The summed E-state index contributed by atoms with van der Waals surface area (Å²) in [6.07, 6.45) is 1.37. The lowest BCUT2D eigenvalue weighted by atomic mass is 10.2. The van der Waals surface area contributed by atoms with Gasteiger partial charge in [-0.3, -0.25) is 4.79 Å². The Morgan fingerprint density at radius 1 is 1.50 bits per heavy atom. The number of guanidine groups is 1. The van der Waals surface area contributed by atoms with Gasteiger partial charge >= 0.3 is 0 Å². The minimum Gasteiger partial charge on any atom is -0.481 e. The van der Waals surface area contributed by atoms with E-state index in [4.69, 9.17) is 33.0 Å². The molecule has 18 heavy (non-hydrogen) atoms.